The smallest absolute Gasteiger partial charge is 0.118 e. The Labute approximate surface area is 146 Å². The third-order valence-electron chi connectivity index (χ3n) is 4.64. The number of hydrogen-bond acceptors (Lipinski definition) is 6. The van der Waals surface area contributed by atoms with Gasteiger partial charge in [-0.3, -0.25) is 0 Å². The average Bonchev–Trinajstić information content (AvgIpc) is 2.68. The normalized spacial score (nSPS) is 21.0. The Morgan fingerprint density at radius 1 is 0.840 bits per heavy atom. The number of oxime groups is 1. The van der Waals surface area contributed by atoms with Crippen LogP contribution in [0.1, 0.15) is 36.1 Å². The fourth-order valence-corrected chi connectivity index (χ4v) is 3.21. The van der Waals surface area contributed by atoms with Gasteiger partial charge in [-0.1, -0.05) is 29.4 Å². The summed E-state index contributed by atoms with van der Waals surface area (Å²) >= 11 is 0. The van der Waals surface area contributed by atoms with E-state index >= 15 is 0 Å². The Kier molecular flexibility index (Phi) is 5.21. The minimum Gasteiger partial charge on any atom is -0.497 e. The van der Waals surface area contributed by atoms with Crippen molar-refractivity contribution >= 4 is 5.71 Å². The van der Waals surface area contributed by atoms with Crippen molar-refractivity contribution < 1.29 is 19.9 Å². The number of piperidine rings is 1. The molecule has 0 radical (unpaired) electrons. The number of benzene rings is 2. The van der Waals surface area contributed by atoms with Crippen LogP contribution in [0.2, 0.25) is 0 Å². The zero-order chi connectivity index (χ0) is 17.8. The fourth-order valence-electron chi connectivity index (χ4n) is 3.21. The number of methoxy groups -OCH3 is 2. The molecule has 2 aromatic carbocycles. The summed E-state index contributed by atoms with van der Waals surface area (Å²) in [6, 6.07) is 14.5. The SMILES string of the molecule is COc1ccc([C@@H]2CC(=NO)C[C@@H](c3ccc(OC)cc3)N2O)cc1. The van der Waals surface area contributed by atoms with Gasteiger partial charge in [-0.25, -0.2) is 0 Å². The number of ether oxygens (including phenoxy) is 2. The molecule has 1 aliphatic rings. The molecule has 1 aliphatic heterocycles. The van der Waals surface area contributed by atoms with Gasteiger partial charge in [-0.2, -0.15) is 5.06 Å². The quantitative estimate of drug-likeness (QED) is 0.653. The van der Waals surface area contributed by atoms with E-state index in [0.29, 0.717) is 18.6 Å². The van der Waals surface area contributed by atoms with Gasteiger partial charge >= 0.3 is 0 Å². The van der Waals surface area contributed by atoms with Gasteiger partial charge in [0, 0.05) is 12.8 Å². The molecule has 2 N–H and O–H groups in total. The Hall–Kier alpha value is -2.57. The van der Waals surface area contributed by atoms with E-state index in [4.69, 9.17) is 9.47 Å². The summed E-state index contributed by atoms with van der Waals surface area (Å²) in [7, 11) is 3.23. The lowest BCUT2D eigenvalue weighted by atomic mass is 9.88. The summed E-state index contributed by atoms with van der Waals surface area (Å²) in [6.07, 6.45) is 0.929. The second kappa shape index (κ2) is 7.55. The molecule has 0 aliphatic carbocycles. The van der Waals surface area contributed by atoms with Crippen molar-refractivity contribution in [2.24, 2.45) is 5.16 Å². The maximum atomic E-state index is 10.8. The third kappa shape index (κ3) is 3.60. The molecular formula is C19H22N2O4. The molecule has 0 aromatic heterocycles. The van der Waals surface area contributed by atoms with Crippen LogP contribution in [-0.4, -0.2) is 35.4 Å². The van der Waals surface area contributed by atoms with Crippen LogP contribution in [0.15, 0.2) is 53.7 Å². The van der Waals surface area contributed by atoms with Crippen molar-refractivity contribution in [2.75, 3.05) is 14.2 Å². The third-order valence-corrected chi connectivity index (χ3v) is 4.64. The summed E-state index contributed by atoms with van der Waals surface area (Å²) in [6.45, 7) is 0. The molecule has 0 spiro atoms. The summed E-state index contributed by atoms with van der Waals surface area (Å²) < 4.78 is 10.4. The first kappa shape index (κ1) is 17.3. The molecule has 0 unspecified atom stereocenters. The molecule has 25 heavy (non-hydrogen) atoms. The zero-order valence-corrected chi connectivity index (χ0v) is 14.3. The second-order valence-electron chi connectivity index (χ2n) is 6.03. The van der Waals surface area contributed by atoms with Crippen molar-refractivity contribution in [3.8, 4) is 11.5 Å². The van der Waals surface area contributed by atoms with Crippen LogP contribution in [-0.2, 0) is 0 Å². The first-order valence-corrected chi connectivity index (χ1v) is 8.11. The predicted molar refractivity (Wildman–Crippen MR) is 93.6 cm³/mol. The van der Waals surface area contributed by atoms with Crippen LogP contribution >= 0.6 is 0 Å². The topological polar surface area (TPSA) is 74.5 Å². The number of nitrogens with zero attached hydrogens (tertiary/aromatic N) is 2. The predicted octanol–water partition coefficient (Wildman–Crippen LogP) is 3.80. The molecule has 0 bridgehead atoms. The van der Waals surface area contributed by atoms with E-state index in [2.05, 4.69) is 5.16 Å². The van der Waals surface area contributed by atoms with Gasteiger partial charge in [-0.05, 0) is 35.4 Å². The highest BCUT2D eigenvalue weighted by atomic mass is 16.5. The maximum absolute atomic E-state index is 10.8. The summed E-state index contributed by atoms with van der Waals surface area (Å²) in [5.41, 5.74) is 2.53. The molecule has 6 heteroatoms. The monoisotopic (exact) mass is 342 g/mol. The maximum Gasteiger partial charge on any atom is 0.118 e. The summed E-state index contributed by atoms with van der Waals surface area (Å²) in [5.74, 6) is 1.51. The van der Waals surface area contributed by atoms with Gasteiger partial charge in [0.05, 0.1) is 32.0 Å². The minimum atomic E-state index is -0.294. The van der Waals surface area contributed by atoms with Crippen molar-refractivity contribution in [3.63, 3.8) is 0 Å². The van der Waals surface area contributed by atoms with Crippen molar-refractivity contribution in [1.29, 1.82) is 0 Å². The molecule has 1 saturated heterocycles. The average molecular weight is 342 g/mol. The van der Waals surface area contributed by atoms with Gasteiger partial charge in [0.15, 0.2) is 0 Å². The van der Waals surface area contributed by atoms with E-state index in [9.17, 15) is 10.4 Å². The van der Waals surface area contributed by atoms with E-state index < -0.39 is 0 Å². The van der Waals surface area contributed by atoms with Crippen molar-refractivity contribution in [1.82, 2.24) is 5.06 Å². The summed E-state index contributed by atoms with van der Waals surface area (Å²) in [5, 5.41) is 24.9. The lowest BCUT2D eigenvalue weighted by molar-refractivity contribution is -0.167. The van der Waals surface area contributed by atoms with Gasteiger partial charge in [-0.15, -0.1) is 0 Å². The van der Waals surface area contributed by atoms with E-state index in [-0.39, 0.29) is 12.1 Å². The Morgan fingerprint density at radius 2 is 1.24 bits per heavy atom. The van der Waals surface area contributed by atoms with E-state index in [0.717, 1.165) is 22.6 Å². The number of hydrogen-bond donors (Lipinski definition) is 2. The molecule has 1 heterocycles. The highest BCUT2D eigenvalue weighted by Crippen LogP contribution is 2.39. The first-order chi connectivity index (χ1) is 12.2. The van der Waals surface area contributed by atoms with Crippen molar-refractivity contribution in [2.45, 2.75) is 24.9 Å². The molecular weight excluding hydrogens is 320 g/mol. The zero-order valence-electron chi connectivity index (χ0n) is 14.3. The van der Waals surface area contributed by atoms with E-state index in [1.54, 1.807) is 14.2 Å². The molecule has 0 amide bonds. The van der Waals surface area contributed by atoms with Crippen LogP contribution < -0.4 is 9.47 Å². The van der Waals surface area contributed by atoms with Gasteiger partial charge in [0.1, 0.15) is 11.5 Å². The van der Waals surface area contributed by atoms with Gasteiger partial charge in [0.25, 0.3) is 0 Å². The Balaban J connectivity index is 1.90. The fraction of sp³-hybridized carbons (Fsp3) is 0.316. The van der Waals surface area contributed by atoms with Crippen LogP contribution in [0.5, 0.6) is 11.5 Å². The van der Waals surface area contributed by atoms with Crippen LogP contribution in [0.3, 0.4) is 0 Å². The Bertz CT molecular complexity index is 669. The minimum absolute atomic E-state index is 0.294. The highest BCUT2D eigenvalue weighted by molar-refractivity contribution is 5.86. The molecule has 3 rings (SSSR count). The van der Waals surface area contributed by atoms with Crippen molar-refractivity contribution in [3.05, 3.63) is 59.7 Å². The first-order valence-electron chi connectivity index (χ1n) is 8.11. The Morgan fingerprint density at radius 3 is 1.56 bits per heavy atom. The van der Waals surface area contributed by atoms with Crippen LogP contribution in [0.25, 0.3) is 0 Å². The van der Waals surface area contributed by atoms with Gasteiger partial charge in [0.2, 0.25) is 0 Å². The second-order valence-corrected chi connectivity index (χ2v) is 6.03. The molecule has 132 valence electrons. The van der Waals surface area contributed by atoms with Crippen LogP contribution in [0, 0.1) is 0 Å². The standard InChI is InChI=1S/C19H22N2O4/c1-24-16-7-3-13(4-8-16)18-11-15(20-22)12-19(21(18)23)14-5-9-17(25-2)10-6-14/h3-10,18-19,22-23H,11-12H2,1-2H3/t18-,19-/m0/s1. The lowest BCUT2D eigenvalue weighted by Crippen LogP contribution is -2.37. The van der Waals surface area contributed by atoms with Gasteiger partial charge < -0.3 is 19.9 Å². The molecule has 6 nitrogen and oxygen atoms in total. The lowest BCUT2D eigenvalue weighted by Gasteiger charge is -2.38. The molecule has 2 aromatic rings. The molecule has 2 atom stereocenters. The van der Waals surface area contributed by atoms with Crippen LogP contribution in [0.4, 0.5) is 0 Å². The van der Waals surface area contributed by atoms with E-state index in [1.807, 2.05) is 48.5 Å². The number of hydroxylamine groups is 2. The van der Waals surface area contributed by atoms with E-state index in [1.165, 1.54) is 5.06 Å². The summed E-state index contributed by atoms with van der Waals surface area (Å²) in [4.78, 5) is 0. The number of rotatable bonds is 4. The highest BCUT2D eigenvalue weighted by Gasteiger charge is 2.35. The molecule has 1 fully saturated rings. The largest absolute Gasteiger partial charge is 0.497 e. The molecule has 0 saturated carbocycles.